The Hall–Kier alpha value is -4.61. The van der Waals surface area contributed by atoms with Crippen molar-refractivity contribution in [3.8, 4) is 27.8 Å². The van der Waals surface area contributed by atoms with Crippen molar-refractivity contribution in [2.24, 2.45) is 0 Å². The highest BCUT2D eigenvalue weighted by Crippen LogP contribution is 2.53. The number of rotatable bonds is 7. The molecule has 0 amide bonds. The Morgan fingerprint density at radius 1 is 0.897 bits per heavy atom. The van der Waals surface area contributed by atoms with Crippen LogP contribution in [0.2, 0.25) is 0 Å². The van der Waals surface area contributed by atoms with Crippen molar-refractivity contribution < 1.29 is 36.1 Å². The molecule has 5 aromatic rings. The normalized spacial score (nSPS) is 13.7. The molecule has 0 radical (unpaired) electrons. The molecule has 2 aromatic heterocycles. The van der Waals surface area contributed by atoms with E-state index >= 15 is 0 Å². The highest BCUT2D eigenvalue weighted by molar-refractivity contribution is 7.89. The van der Waals surface area contributed by atoms with Crippen LogP contribution in [-0.4, -0.2) is 26.7 Å². The third-order valence-electron chi connectivity index (χ3n) is 5.97. The molecule has 1 aliphatic heterocycles. The summed E-state index contributed by atoms with van der Waals surface area (Å²) < 4.78 is 54.8. The lowest BCUT2D eigenvalue weighted by atomic mass is 9.97. The van der Waals surface area contributed by atoms with Crippen molar-refractivity contribution in [1.82, 2.24) is 5.16 Å². The Labute approximate surface area is 227 Å². The lowest BCUT2D eigenvalue weighted by Crippen LogP contribution is -2.36. The van der Waals surface area contributed by atoms with Crippen LogP contribution in [0.15, 0.2) is 106 Å². The zero-order chi connectivity index (χ0) is 27.0. The number of esters is 1. The summed E-state index contributed by atoms with van der Waals surface area (Å²) in [7, 11) is -3.13. The Morgan fingerprint density at radius 3 is 2.21 bits per heavy atom. The average molecular weight is 562 g/mol. The van der Waals surface area contributed by atoms with Gasteiger partial charge in [-0.05, 0) is 18.2 Å². The lowest BCUT2D eigenvalue weighted by molar-refractivity contribution is -0.0464. The molecule has 9 nitrogen and oxygen atoms in total. The second-order valence-corrected chi connectivity index (χ2v) is 11.2. The molecule has 0 saturated heterocycles. The summed E-state index contributed by atoms with van der Waals surface area (Å²) in [6, 6.07) is 25.7. The molecular weight excluding hydrogens is 542 g/mol. The number of ether oxygens (including phenoxy) is 3. The molecule has 0 aliphatic carbocycles. The van der Waals surface area contributed by atoms with Gasteiger partial charge in [0.25, 0.3) is 0 Å². The number of hydrogen-bond acceptors (Lipinski definition) is 10. The number of hydrogen-bond donors (Lipinski definition) is 0. The van der Waals surface area contributed by atoms with Gasteiger partial charge in [0.15, 0.2) is 15.7 Å². The predicted molar refractivity (Wildman–Crippen MR) is 140 cm³/mol. The first kappa shape index (κ1) is 24.7. The van der Waals surface area contributed by atoms with Gasteiger partial charge in [0.05, 0.1) is 17.6 Å². The summed E-state index contributed by atoms with van der Waals surface area (Å²) in [5, 5.41) is 3.84. The van der Waals surface area contributed by atoms with Gasteiger partial charge in [0.2, 0.25) is 5.75 Å². The molecule has 0 saturated carbocycles. The van der Waals surface area contributed by atoms with Crippen molar-refractivity contribution in [3.05, 3.63) is 114 Å². The molecule has 0 spiro atoms. The first-order chi connectivity index (χ1) is 18.9. The lowest BCUT2D eigenvalue weighted by Gasteiger charge is -2.28. The topological polar surface area (TPSA) is 114 Å². The molecule has 1 aliphatic rings. The third-order valence-corrected chi connectivity index (χ3v) is 8.76. The number of thiophene rings is 1. The summed E-state index contributed by atoms with van der Waals surface area (Å²) >= 11 is 0.959. The standard InChI is InChI=1S/C28H19NO8S2/c1-33-27(30)18-16-22-26(36-28(35-22,19-8-4-2-5-9-19)20-10-6-3-7-11-20)23(17-18)37-39(31,32)25-13-12-24(38-25)21-14-15-34-29-21/h2-17H,1H3. The van der Waals surface area contributed by atoms with Gasteiger partial charge in [0, 0.05) is 23.3 Å². The van der Waals surface area contributed by atoms with Crippen LogP contribution in [0.25, 0.3) is 10.6 Å². The second kappa shape index (κ2) is 9.61. The van der Waals surface area contributed by atoms with E-state index in [0.29, 0.717) is 21.7 Å². The van der Waals surface area contributed by atoms with E-state index in [1.165, 1.54) is 31.6 Å². The van der Waals surface area contributed by atoms with Crippen molar-refractivity contribution in [1.29, 1.82) is 0 Å². The zero-order valence-corrected chi connectivity index (χ0v) is 21.9. The van der Waals surface area contributed by atoms with Crippen LogP contribution in [0, 0.1) is 0 Å². The fourth-order valence-corrected chi connectivity index (χ4v) is 6.33. The van der Waals surface area contributed by atoms with Crippen molar-refractivity contribution >= 4 is 27.4 Å². The third kappa shape index (κ3) is 4.41. The maximum Gasteiger partial charge on any atom is 0.348 e. The molecule has 3 heterocycles. The smallest absolute Gasteiger partial charge is 0.348 e. The Morgan fingerprint density at radius 2 is 1.59 bits per heavy atom. The van der Waals surface area contributed by atoms with Gasteiger partial charge in [-0.25, -0.2) is 4.79 Å². The van der Waals surface area contributed by atoms with Gasteiger partial charge < -0.3 is 22.9 Å². The Bertz CT molecular complexity index is 1710. The van der Waals surface area contributed by atoms with E-state index in [1.807, 2.05) is 60.7 Å². The molecule has 0 unspecified atom stereocenters. The van der Waals surface area contributed by atoms with E-state index in [0.717, 1.165) is 11.3 Å². The Kier molecular flexibility index (Phi) is 6.09. The van der Waals surface area contributed by atoms with Gasteiger partial charge in [-0.15, -0.1) is 11.3 Å². The van der Waals surface area contributed by atoms with E-state index in [4.69, 9.17) is 22.9 Å². The molecule has 0 bridgehead atoms. The van der Waals surface area contributed by atoms with Crippen molar-refractivity contribution in [2.45, 2.75) is 10.00 Å². The molecule has 196 valence electrons. The van der Waals surface area contributed by atoms with E-state index in [9.17, 15) is 13.2 Å². The molecule has 0 N–H and O–H groups in total. The first-order valence-electron chi connectivity index (χ1n) is 11.6. The molecule has 0 fully saturated rings. The summed E-state index contributed by atoms with van der Waals surface area (Å²) in [4.78, 5) is 13.1. The number of benzene rings is 3. The number of nitrogens with zero attached hydrogens (tertiary/aromatic N) is 1. The quantitative estimate of drug-likeness (QED) is 0.184. The highest BCUT2D eigenvalue weighted by atomic mass is 32.3. The fourth-order valence-electron chi connectivity index (χ4n) is 4.18. The largest absolute Gasteiger partial charge is 0.465 e. The number of carbonyl (C=O) groups excluding carboxylic acids is 1. The van der Waals surface area contributed by atoms with Crippen LogP contribution in [0.3, 0.4) is 0 Å². The zero-order valence-electron chi connectivity index (χ0n) is 20.3. The van der Waals surface area contributed by atoms with Crippen molar-refractivity contribution in [3.63, 3.8) is 0 Å². The number of fused-ring (bicyclic) bond motifs is 1. The van der Waals surface area contributed by atoms with Gasteiger partial charge in [0.1, 0.15) is 12.0 Å². The maximum atomic E-state index is 13.4. The minimum atomic E-state index is -4.35. The summed E-state index contributed by atoms with van der Waals surface area (Å²) in [5.74, 6) is -2.26. The molecular formula is C28H19NO8S2. The summed E-state index contributed by atoms with van der Waals surface area (Å²) in [6.45, 7) is 0. The molecule has 39 heavy (non-hydrogen) atoms. The van der Waals surface area contributed by atoms with Crippen LogP contribution in [0.1, 0.15) is 21.5 Å². The van der Waals surface area contributed by atoms with Gasteiger partial charge in [-0.3, -0.25) is 0 Å². The minimum absolute atomic E-state index is 0.0206. The van der Waals surface area contributed by atoms with E-state index in [2.05, 4.69) is 5.16 Å². The SMILES string of the molecule is COC(=O)c1cc2c(c(OS(=O)(=O)c3ccc(-c4ccon4)s3)c1)OC(c1ccccc1)(c1ccccc1)O2. The van der Waals surface area contributed by atoms with Crippen LogP contribution < -0.4 is 13.7 Å². The maximum absolute atomic E-state index is 13.4. The Balaban J connectivity index is 1.45. The highest BCUT2D eigenvalue weighted by Gasteiger charge is 2.47. The monoisotopic (exact) mass is 561 g/mol. The van der Waals surface area contributed by atoms with Crippen LogP contribution in [-0.2, 0) is 20.6 Å². The summed E-state index contributed by atoms with van der Waals surface area (Å²) in [6.07, 6.45) is 1.39. The average Bonchev–Trinajstić information content (AvgIpc) is 3.73. The summed E-state index contributed by atoms with van der Waals surface area (Å²) in [5.41, 5.74) is 1.81. The van der Waals surface area contributed by atoms with Crippen LogP contribution in [0.5, 0.6) is 17.2 Å². The van der Waals surface area contributed by atoms with E-state index < -0.39 is 21.9 Å². The number of carbonyl (C=O) groups is 1. The predicted octanol–water partition coefficient (Wildman–Crippen LogP) is 5.63. The van der Waals surface area contributed by atoms with Crippen molar-refractivity contribution in [2.75, 3.05) is 7.11 Å². The molecule has 6 rings (SSSR count). The fraction of sp³-hybridized carbons (Fsp3) is 0.0714. The van der Waals surface area contributed by atoms with Crippen LogP contribution in [0.4, 0.5) is 0 Å². The van der Waals surface area contributed by atoms with E-state index in [-0.39, 0.29) is 27.0 Å². The number of aromatic nitrogens is 1. The van der Waals surface area contributed by atoms with Gasteiger partial charge >= 0.3 is 21.9 Å². The molecule has 11 heteroatoms. The van der Waals surface area contributed by atoms with Gasteiger partial charge in [-0.1, -0.05) is 65.8 Å². The molecule has 0 atom stereocenters. The van der Waals surface area contributed by atoms with E-state index in [1.54, 1.807) is 12.1 Å². The minimum Gasteiger partial charge on any atom is -0.465 e. The molecule has 3 aromatic carbocycles. The van der Waals surface area contributed by atoms with Gasteiger partial charge in [-0.2, -0.15) is 8.42 Å². The first-order valence-corrected chi connectivity index (χ1v) is 13.8. The second-order valence-electron chi connectivity index (χ2n) is 8.39. The number of methoxy groups -OCH3 is 1. The van der Waals surface area contributed by atoms with Crippen LogP contribution >= 0.6 is 11.3 Å².